The largest absolute Gasteiger partial charge is 0.437 e. The van der Waals surface area contributed by atoms with Gasteiger partial charge >= 0.3 is 77.0 Å². The van der Waals surface area contributed by atoms with E-state index >= 15 is 0 Å². The van der Waals surface area contributed by atoms with Crippen molar-refractivity contribution in [3.05, 3.63) is 0 Å². The van der Waals surface area contributed by atoms with Gasteiger partial charge in [0.2, 0.25) is 0 Å². The Labute approximate surface area is 290 Å². The molecular formula is C24H72O10Si11. The van der Waals surface area contributed by atoms with Gasteiger partial charge in [-0.1, -0.05) is 0 Å². The van der Waals surface area contributed by atoms with Crippen molar-refractivity contribution in [3.63, 3.8) is 0 Å². The van der Waals surface area contributed by atoms with Crippen LogP contribution in [-0.4, -0.2) is 93.7 Å². The minimum absolute atomic E-state index is 1.74. The Morgan fingerprint density at radius 1 is 0.156 bits per heavy atom. The van der Waals surface area contributed by atoms with Crippen molar-refractivity contribution < 1.29 is 41.2 Å². The Balaban J connectivity index is 5.50. The van der Waals surface area contributed by atoms with E-state index in [4.69, 9.17) is 41.2 Å². The summed E-state index contributed by atoms with van der Waals surface area (Å²) in [5.74, 6) is 0. The summed E-state index contributed by atoms with van der Waals surface area (Å²) < 4.78 is 66.5. The Hall–Kier alpha value is 1.99. The van der Waals surface area contributed by atoms with Gasteiger partial charge < -0.3 is 41.2 Å². The van der Waals surface area contributed by atoms with Crippen molar-refractivity contribution in [3.8, 4) is 0 Å². The number of rotatable bonds is 20. The van der Waals surface area contributed by atoms with Gasteiger partial charge in [-0.2, -0.15) is 0 Å². The van der Waals surface area contributed by atoms with Crippen molar-refractivity contribution >= 4 is 93.7 Å². The van der Waals surface area contributed by atoms with Crippen molar-refractivity contribution in [2.45, 2.75) is 157 Å². The van der Waals surface area contributed by atoms with Crippen LogP contribution in [0.5, 0.6) is 0 Å². The smallest absolute Gasteiger partial charge is 0.314 e. The van der Waals surface area contributed by atoms with Crippen LogP contribution in [0.2, 0.25) is 157 Å². The summed E-state index contributed by atoms with van der Waals surface area (Å²) in [6.45, 7) is 50.7. The highest BCUT2D eigenvalue weighted by molar-refractivity contribution is 6.93. The maximum absolute atomic E-state index is 6.76. The van der Waals surface area contributed by atoms with Gasteiger partial charge in [-0.3, -0.25) is 0 Å². The zero-order chi connectivity index (χ0) is 36.6. The predicted octanol–water partition coefficient (Wildman–Crippen LogP) is 9.14. The fourth-order valence-electron chi connectivity index (χ4n) is 6.40. The molecule has 45 heavy (non-hydrogen) atoms. The average molecular weight is 830 g/mol. The molecule has 0 N–H and O–H groups in total. The zero-order valence-corrected chi connectivity index (χ0v) is 44.6. The summed E-state index contributed by atoms with van der Waals surface area (Å²) in [4.78, 5) is 0. The first-order chi connectivity index (χ1) is 19.1. The molecule has 0 aromatic rings. The molecule has 272 valence electrons. The van der Waals surface area contributed by atoms with E-state index < -0.39 is 93.7 Å². The van der Waals surface area contributed by atoms with Crippen molar-refractivity contribution in [2.75, 3.05) is 0 Å². The van der Waals surface area contributed by atoms with Crippen LogP contribution in [0.15, 0.2) is 0 Å². The molecule has 0 radical (unpaired) electrons. The lowest BCUT2D eigenvalue weighted by atomic mass is 11.8. The lowest BCUT2D eigenvalue weighted by Gasteiger charge is -2.44. The molecule has 0 saturated heterocycles. The van der Waals surface area contributed by atoms with E-state index in [1.807, 2.05) is 0 Å². The van der Waals surface area contributed by atoms with Crippen LogP contribution in [0.1, 0.15) is 0 Å². The SMILES string of the molecule is C[Si](C)(C)O[Si](C)(C)O[Si](C)(C)O[Si](C)(C)O[Si](C)(C)O[Si](C)(C)O[Si](C)(C)O[Si](C)(C)O[Si](C)(C)O[Si](C)(C)O[Si](C)(C)C. The van der Waals surface area contributed by atoms with Crippen LogP contribution in [-0.2, 0) is 41.2 Å². The van der Waals surface area contributed by atoms with Gasteiger partial charge in [0, 0.05) is 0 Å². The van der Waals surface area contributed by atoms with Crippen LogP contribution in [0.4, 0.5) is 0 Å². The first-order valence-corrected chi connectivity index (χ1v) is 48.2. The van der Waals surface area contributed by atoms with E-state index in [1.54, 1.807) is 0 Å². The van der Waals surface area contributed by atoms with Gasteiger partial charge in [0.25, 0.3) is 0 Å². The molecule has 0 aliphatic rings. The fraction of sp³-hybridized carbons (Fsp3) is 1.00. The fourth-order valence-corrected chi connectivity index (χ4v) is 61.0. The van der Waals surface area contributed by atoms with E-state index in [0.717, 1.165) is 0 Å². The Morgan fingerprint density at radius 3 is 0.333 bits per heavy atom. The lowest BCUT2D eigenvalue weighted by Crippen LogP contribution is -2.62. The first kappa shape index (κ1) is 47.0. The molecule has 0 aliphatic heterocycles. The molecule has 0 unspecified atom stereocenters. The van der Waals surface area contributed by atoms with E-state index in [0.29, 0.717) is 0 Å². The van der Waals surface area contributed by atoms with Crippen LogP contribution in [0, 0.1) is 0 Å². The highest BCUT2D eigenvalue weighted by Gasteiger charge is 2.50. The number of hydrogen-bond donors (Lipinski definition) is 0. The Bertz CT molecular complexity index is 886. The molecular weight excluding hydrogens is 757 g/mol. The Morgan fingerprint density at radius 2 is 0.244 bits per heavy atom. The van der Waals surface area contributed by atoms with Gasteiger partial charge in [0.05, 0.1) is 0 Å². The molecule has 0 atom stereocenters. The molecule has 0 bridgehead atoms. The van der Waals surface area contributed by atoms with Crippen LogP contribution < -0.4 is 0 Å². The second-order valence-electron chi connectivity index (χ2n) is 17.8. The monoisotopic (exact) mass is 828 g/mol. The van der Waals surface area contributed by atoms with E-state index in [9.17, 15) is 0 Å². The summed E-state index contributed by atoms with van der Waals surface area (Å²) in [6, 6.07) is 0. The van der Waals surface area contributed by atoms with Crippen molar-refractivity contribution in [1.82, 2.24) is 0 Å². The highest BCUT2D eigenvalue weighted by atomic mass is 28.5. The molecule has 0 fully saturated rings. The molecule has 10 nitrogen and oxygen atoms in total. The lowest BCUT2D eigenvalue weighted by molar-refractivity contribution is 0.255. The van der Waals surface area contributed by atoms with Gasteiger partial charge in [-0.05, 0) is 157 Å². The normalized spacial score (nSPS) is 16.0. The molecule has 0 aliphatic carbocycles. The maximum atomic E-state index is 6.76. The minimum atomic E-state index is -2.67. The van der Waals surface area contributed by atoms with Crippen molar-refractivity contribution in [2.24, 2.45) is 0 Å². The molecule has 0 saturated carbocycles. The van der Waals surface area contributed by atoms with Gasteiger partial charge in [-0.25, -0.2) is 0 Å². The minimum Gasteiger partial charge on any atom is -0.437 e. The number of hydrogen-bond acceptors (Lipinski definition) is 10. The predicted molar refractivity (Wildman–Crippen MR) is 215 cm³/mol. The maximum Gasteiger partial charge on any atom is 0.314 e. The molecule has 21 heteroatoms. The molecule has 0 heterocycles. The zero-order valence-electron chi connectivity index (χ0n) is 33.6. The molecule has 0 aromatic heterocycles. The van der Waals surface area contributed by atoms with E-state index in [1.165, 1.54) is 0 Å². The summed E-state index contributed by atoms with van der Waals surface area (Å²) in [5, 5.41) is 0. The summed E-state index contributed by atoms with van der Waals surface area (Å²) in [6.07, 6.45) is 0. The van der Waals surface area contributed by atoms with Crippen molar-refractivity contribution in [1.29, 1.82) is 0 Å². The molecule has 0 aromatic carbocycles. The van der Waals surface area contributed by atoms with Crippen LogP contribution in [0.25, 0.3) is 0 Å². The second kappa shape index (κ2) is 15.3. The summed E-state index contributed by atoms with van der Waals surface area (Å²) in [7, 11) is -26.5. The third kappa shape index (κ3) is 23.2. The Kier molecular flexibility index (Phi) is 16.0. The second-order valence-corrected chi connectivity index (χ2v) is 59.7. The highest BCUT2D eigenvalue weighted by Crippen LogP contribution is 2.31. The van der Waals surface area contributed by atoms with Gasteiger partial charge in [0.1, 0.15) is 0 Å². The van der Waals surface area contributed by atoms with Gasteiger partial charge in [0.15, 0.2) is 16.6 Å². The van der Waals surface area contributed by atoms with Crippen LogP contribution >= 0.6 is 0 Å². The quantitative estimate of drug-likeness (QED) is 0.111. The third-order valence-corrected chi connectivity index (χ3v) is 45.3. The van der Waals surface area contributed by atoms with Crippen LogP contribution in [0.3, 0.4) is 0 Å². The van der Waals surface area contributed by atoms with Gasteiger partial charge in [-0.15, -0.1) is 0 Å². The molecule has 0 rings (SSSR count). The summed E-state index contributed by atoms with van der Waals surface area (Å²) >= 11 is 0. The summed E-state index contributed by atoms with van der Waals surface area (Å²) in [5.41, 5.74) is 0. The third-order valence-electron chi connectivity index (χ3n) is 5.04. The first-order valence-electron chi connectivity index (χ1n) is 16.1. The van der Waals surface area contributed by atoms with E-state index in [-0.39, 0.29) is 0 Å². The molecule has 0 spiro atoms. The van der Waals surface area contributed by atoms with E-state index in [2.05, 4.69) is 157 Å². The average Bonchev–Trinajstić information content (AvgIpc) is 2.45. The topological polar surface area (TPSA) is 92.3 Å². The standard InChI is InChI=1S/C24H72O10Si11/c1-35(2,3)25-37(7,8)27-39(11,12)29-41(15,16)31-43(19,20)33-45(23,24)34-44(21,22)32-42(17,18)30-40(13,14)28-38(9,10)26-36(4,5)6/h1-24H3. The molecule has 0 amide bonds.